The van der Waals surface area contributed by atoms with Gasteiger partial charge in [-0.15, -0.1) is 0 Å². The lowest BCUT2D eigenvalue weighted by Gasteiger charge is -2.09. The van der Waals surface area contributed by atoms with E-state index in [2.05, 4.69) is 9.82 Å². The molecule has 1 atom stereocenters. The predicted octanol–water partition coefficient (Wildman–Crippen LogP) is -1.37. The van der Waals surface area contributed by atoms with Crippen LogP contribution in [0, 0.1) is 0 Å². The molecule has 9 heteroatoms. The molecule has 0 spiro atoms. The fraction of sp³-hybridized carbons (Fsp3) is 0.500. The maximum Gasteiger partial charge on any atom is 0.325 e. The van der Waals surface area contributed by atoms with Crippen molar-refractivity contribution in [3.63, 3.8) is 0 Å². The monoisotopic (exact) mass is 263 g/mol. The van der Waals surface area contributed by atoms with Gasteiger partial charge in [0.05, 0.1) is 12.8 Å². The van der Waals surface area contributed by atoms with Crippen LogP contribution >= 0.6 is 0 Å². The van der Waals surface area contributed by atoms with Gasteiger partial charge in [-0.1, -0.05) is 0 Å². The normalized spacial score (nSPS) is 13.5. The summed E-state index contributed by atoms with van der Waals surface area (Å²) in [6.45, 7) is 0.757. The van der Waals surface area contributed by atoms with Crippen LogP contribution in [-0.4, -0.2) is 47.0 Å². The number of carbonyl (C=O) groups is 1. The van der Waals surface area contributed by atoms with Crippen molar-refractivity contribution in [3.8, 4) is 0 Å². The molecule has 0 aliphatic carbocycles. The average Bonchev–Trinajstić information content (AvgIpc) is 2.65. The molecule has 8 nitrogen and oxygen atoms in total. The first-order chi connectivity index (χ1) is 7.85. The van der Waals surface area contributed by atoms with Gasteiger partial charge in [-0.05, 0) is 6.92 Å². The minimum Gasteiger partial charge on any atom is -0.480 e. The van der Waals surface area contributed by atoms with Gasteiger partial charge in [0.25, 0.3) is 0 Å². The number of aliphatic hydroxyl groups excluding tert-OH is 1. The summed E-state index contributed by atoms with van der Waals surface area (Å²) in [6.07, 6.45) is 2.16. The molecular formula is C8H13N3O5S. The van der Waals surface area contributed by atoms with Crippen LogP contribution in [0.25, 0.3) is 0 Å². The van der Waals surface area contributed by atoms with Crippen LogP contribution < -0.4 is 4.72 Å². The molecule has 0 bridgehead atoms. The second-order valence-corrected chi connectivity index (χ2v) is 5.19. The van der Waals surface area contributed by atoms with E-state index in [4.69, 9.17) is 10.2 Å². The smallest absolute Gasteiger partial charge is 0.325 e. The molecule has 1 unspecified atom stereocenters. The zero-order valence-electron chi connectivity index (χ0n) is 9.07. The van der Waals surface area contributed by atoms with Crippen LogP contribution in [0.1, 0.15) is 6.92 Å². The number of hydrogen-bond acceptors (Lipinski definition) is 5. The number of nitrogens with one attached hydrogen (secondary N) is 1. The fourth-order valence-electron chi connectivity index (χ4n) is 1.08. The average molecular weight is 263 g/mol. The highest BCUT2D eigenvalue weighted by molar-refractivity contribution is 7.89. The number of hydrogen-bond donors (Lipinski definition) is 3. The molecular weight excluding hydrogens is 250 g/mol. The minimum absolute atomic E-state index is 0.140. The summed E-state index contributed by atoms with van der Waals surface area (Å²) in [5, 5.41) is 20.9. The Morgan fingerprint density at radius 1 is 1.65 bits per heavy atom. The Morgan fingerprint density at radius 3 is 2.82 bits per heavy atom. The summed E-state index contributed by atoms with van der Waals surface area (Å²) >= 11 is 0. The van der Waals surface area contributed by atoms with E-state index >= 15 is 0 Å². The molecule has 0 radical (unpaired) electrons. The number of aliphatic carboxylic acids is 1. The summed E-state index contributed by atoms with van der Waals surface area (Å²) < 4.78 is 26.6. The van der Waals surface area contributed by atoms with E-state index < -0.39 is 28.6 Å². The largest absolute Gasteiger partial charge is 0.480 e. The first-order valence-electron chi connectivity index (χ1n) is 4.72. The van der Waals surface area contributed by atoms with E-state index in [1.54, 1.807) is 0 Å². The first kappa shape index (κ1) is 13.6. The van der Waals surface area contributed by atoms with Crippen LogP contribution in [0.3, 0.4) is 0 Å². The van der Waals surface area contributed by atoms with Gasteiger partial charge in [-0.3, -0.25) is 9.48 Å². The van der Waals surface area contributed by atoms with E-state index in [0.717, 1.165) is 17.1 Å². The van der Waals surface area contributed by atoms with Gasteiger partial charge in [0.2, 0.25) is 10.0 Å². The van der Waals surface area contributed by atoms with E-state index in [1.807, 2.05) is 0 Å². The standard InChI is InChI=1S/C8H13N3O5S/c1-6(5-12)10-17(15,16)7-2-9-11(3-7)4-8(13)14/h2-3,6,10,12H,4-5H2,1H3,(H,13,14). The molecule has 1 heterocycles. The van der Waals surface area contributed by atoms with Gasteiger partial charge in [-0.2, -0.15) is 5.10 Å². The molecule has 0 amide bonds. The highest BCUT2D eigenvalue weighted by Gasteiger charge is 2.19. The predicted molar refractivity (Wildman–Crippen MR) is 56.7 cm³/mol. The third-order valence-electron chi connectivity index (χ3n) is 1.85. The maximum atomic E-state index is 11.7. The molecule has 1 rings (SSSR count). The molecule has 0 aliphatic rings. The number of nitrogens with zero attached hydrogens (tertiary/aromatic N) is 2. The second kappa shape index (κ2) is 5.25. The Hall–Kier alpha value is -1.45. The van der Waals surface area contributed by atoms with Gasteiger partial charge in [-0.25, -0.2) is 13.1 Å². The number of rotatable bonds is 6. The summed E-state index contributed by atoms with van der Waals surface area (Å²) in [6, 6.07) is -0.622. The summed E-state index contributed by atoms with van der Waals surface area (Å²) in [7, 11) is -3.77. The van der Waals surface area contributed by atoms with Crippen molar-refractivity contribution in [2.24, 2.45) is 0 Å². The van der Waals surface area contributed by atoms with Crippen LogP contribution in [-0.2, 0) is 21.4 Å². The van der Waals surface area contributed by atoms with Crippen molar-refractivity contribution >= 4 is 16.0 Å². The number of carboxylic acids is 1. The van der Waals surface area contributed by atoms with E-state index in [9.17, 15) is 13.2 Å². The SMILES string of the molecule is CC(CO)NS(=O)(=O)c1cnn(CC(=O)O)c1. The quantitative estimate of drug-likeness (QED) is 0.582. The van der Waals surface area contributed by atoms with Crippen molar-refractivity contribution in [3.05, 3.63) is 12.4 Å². The van der Waals surface area contributed by atoms with Crippen molar-refractivity contribution in [2.75, 3.05) is 6.61 Å². The molecule has 0 fully saturated rings. The lowest BCUT2D eigenvalue weighted by molar-refractivity contribution is -0.137. The van der Waals surface area contributed by atoms with Crippen LogP contribution in [0.2, 0.25) is 0 Å². The number of sulfonamides is 1. The molecule has 0 saturated carbocycles. The lowest BCUT2D eigenvalue weighted by Crippen LogP contribution is -2.34. The molecule has 3 N–H and O–H groups in total. The number of carboxylic acid groups (broad SMARTS) is 1. The van der Waals surface area contributed by atoms with E-state index in [0.29, 0.717) is 0 Å². The third-order valence-corrected chi connectivity index (χ3v) is 3.39. The molecule has 17 heavy (non-hydrogen) atoms. The van der Waals surface area contributed by atoms with E-state index in [1.165, 1.54) is 6.92 Å². The molecule has 0 aliphatic heterocycles. The number of aromatic nitrogens is 2. The highest BCUT2D eigenvalue weighted by atomic mass is 32.2. The molecule has 0 aromatic carbocycles. The zero-order chi connectivity index (χ0) is 13.1. The van der Waals surface area contributed by atoms with Gasteiger partial charge in [0.15, 0.2) is 0 Å². The maximum absolute atomic E-state index is 11.7. The Bertz CT molecular complexity index is 495. The molecule has 1 aromatic heterocycles. The van der Waals surface area contributed by atoms with Gasteiger partial charge in [0.1, 0.15) is 11.4 Å². The Balaban J connectivity index is 2.85. The van der Waals surface area contributed by atoms with Gasteiger partial charge < -0.3 is 10.2 Å². The highest BCUT2D eigenvalue weighted by Crippen LogP contribution is 2.07. The molecule has 96 valence electrons. The van der Waals surface area contributed by atoms with Gasteiger partial charge >= 0.3 is 5.97 Å². The van der Waals surface area contributed by atoms with Gasteiger partial charge in [0, 0.05) is 12.2 Å². The fourth-order valence-corrected chi connectivity index (χ4v) is 2.27. The third kappa shape index (κ3) is 3.80. The molecule has 1 aromatic rings. The van der Waals surface area contributed by atoms with Crippen molar-refractivity contribution in [2.45, 2.75) is 24.4 Å². The Kier molecular flexibility index (Phi) is 4.21. The van der Waals surface area contributed by atoms with Crippen LogP contribution in [0.5, 0.6) is 0 Å². The van der Waals surface area contributed by atoms with Crippen LogP contribution in [0.15, 0.2) is 17.3 Å². The Morgan fingerprint density at radius 2 is 2.29 bits per heavy atom. The Labute approximate surface area is 97.9 Å². The first-order valence-corrected chi connectivity index (χ1v) is 6.21. The zero-order valence-corrected chi connectivity index (χ0v) is 9.88. The molecule has 0 saturated heterocycles. The lowest BCUT2D eigenvalue weighted by atomic mass is 10.4. The van der Waals surface area contributed by atoms with Crippen molar-refractivity contribution in [1.82, 2.24) is 14.5 Å². The second-order valence-electron chi connectivity index (χ2n) is 3.47. The van der Waals surface area contributed by atoms with Crippen LogP contribution in [0.4, 0.5) is 0 Å². The number of aliphatic hydroxyl groups is 1. The summed E-state index contributed by atoms with van der Waals surface area (Å²) in [4.78, 5) is 10.3. The van der Waals surface area contributed by atoms with Crippen molar-refractivity contribution < 1.29 is 23.4 Å². The van der Waals surface area contributed by atoms with E-state index in [-0.39, 0.29) is 11.5 Å². The minimum atomic E-state index is -3.77. The topological polar surface area (TPSA) is 122 Å². The summed E-state index contributed by atoms with van der Waals surface area (Å²) in [5.74, 6) is -1.12. The summed E-state index contributed by atoms with van der Waals surface area (Å²) in [5.41, 5.74) is 0. The van der Waals surface area contributed by atoms with Crippen molar-refractivity contribution in [1.29, 1.82) is 0 Å².